The first-order valence-electron chi connectivity index (χ1n) is 6.46. The molecule has 0 aromatic heterocycles. The molecule has 2 N–H and O–H groups in total. The van der Waals surface area contributed by atoms with Crippen LogP contribution in [0.3, 0.4) is 0 Å². The molecular formula is C15H20BrNO3. The zero-order chi connectivity index (χ0) is 15.5. The molecule has 0 bridgehead atoms. The molecule has 1 atom stereocenters. The van der Waals surface area contributed by atoms with Gasteiger partial charge in [0.05, 0.1) is 11.1 Å². The standard InChI is InChI=1S/C15H20BrNO3/c1-9(2)15(4,14(19)20)8-13(18)17-12-7-10(3)5-6-11(12)16/h5-7,9H,8H2,1-4H3,(H,17,18)(H,19,20). The normalized spacial score (nSPS) is 13.9. The smallest absolute Gasteiger partial charge is 0.310 e. The summed E-state index contributed by atoms with van der Waals surface area (Å²) in [6.07, 6.45) is -0.0552. The van der Waals surface area contributed by atoms with Crippen LogP contribution in [0.25, 0.3) is 0 Å². The van der Waals surface area contributed by atoms with Crippen LogP contribution in [0.15, 0.2) is 22.7 Å². The van der Waals surface area contributed by atoms with Crippen molar-refractivity contribution in [2.75, 3.05) is 5.32 Å². The lowest BCUT2D eigenvalue weighted by molar-refractivity contribution is -0.153. The second-order valence-electron chi connectivity index (χ2n) is 5.59. The van der Waals surface area contributed by atoms with Crippen molar-refractivity contribution in [3.63, 3.8) is 0 Å². The average molecular weight is 342 g/mol. The van der Waals surface area contributed by atoms with E-state index in [0.717, 1.165) is 10.0 Å². The first-order valence-corrected chi connectivity index (χ1v) is 7.25. The minimum absolute atomic E-state index is 0.0552. The molecule has 0 heterocycles. The summed E-state index contributed by atoms with van der Waals surface area (Å²) in [6.45, 7) is 7.15. The van der Waals surface area contributed by atoms with Crippen molar-refractivity contribution in [2.24, 2.45) is 11.3 Å². The molecule has 1 rings (SSSR count). The van der Waals surface area contributed by atoms with Gasteiger partial charge in [-0.15, -0.1) is 0 Å². The van der Waals surface area contributed by atoms with Crippen molar-refractivity contribution in [3.8, 4) is 0 Å². The van der Waals surface area contributed by atoms with E-state index in [1.54, 1.807) is 6.92 Å². The third-order valence-electron chi connectivity index (χ3n) is 3.69. The fraction of sp³-hybridized carbons (Fsp3) is 0.467. The van der Waals surface area contributed by atoms with Gasteiger partial charge in [0, 0.05) is 10.9 Å². The van der Waals surface area contributed by atoms with Crippen LogP contribution >= 0.6 is 15.9 Å². The SMILES string of the molecule is Cc1ccc(Br)c(NC(=O)CC(C)(C(=O)O)C(C)C)c1. The Hall–Kier alpha value is -1.36. The molecule has 0 saturated heterocycles. The number of aliphatic carboxylic acids is 1. The monoisotopic (exact) mass is 341 g/mol. The van der Waals surface area contributed by atoms with Crippen LogP contribution in [0, 0.1) is 18.3 Å². The Kier molecular flexibility index (Phi) is 5.34. The maximum atomic E-state index is 12.1. The zero-order valence-corrected chi connectivity index (χ0v) is 13.7. The predicted octanol–water partition coefficient (Wildman–Crippen LogP) is 3.83. The van der Waals surface area contributed by atoms with Gasteiger partial charge in [0.2, 0.25) is 5.91 Å². The van der Waals surface area contributed by atoms with Gasteiger partial charge in [0.15, 0.2) is 0 Å². The molecule has 0 spiro atoms. The van der Waals surface area contributed by atoms with Crippen LogP contribution in [0.4, 0.5) is 5.69 Å². The second kappa shape index (κ2) is 6.39. The van der Waals surface area contributed by atoms with Crippen molar-refractivity contribution < 1.29 is 14.7 Å². The minimum Gasteiger partial charge on any atom is -0.481 e. The number of nitrogens with one attached hydrogen (secondary N) is 1. The van der Waals surface area contributed by atoms with Gasteiger partial charge in [0.25, 0.3) is 0 Å². The first kappa shape index (κ1) is 16.7. The number of hydrogen-bond acceptors (Lipinski definition) is 2. The summed E-state index contributed by atoms with van der Waals surface area (Å²) in [5, 5.41) is 12.1. The molecule has 0 aliphatic heterocycles. The number of aryl methyl sites for hydroxylation is 1. The van der Waals surface area contributed by atoms with E-state index in [1.165, 1.54) is 0 Å². The molecule has 4 nitrogen and oxygen atoms in total. The summed E-state index contributed by atoms with van der Waals surface area (Å²) in [5.41, 5.74) is 0.611. The van der Waals surface area contributed by atoms with Gasteiger partial charge in [-0.3, -0.25) is 9.59 Å². The van der Waals surface area contributed by atoms with Crippen molar-refractivity contribution in [3.05, 3.63) is 28.2 Å². The summed E-state index contributed by atoms with van der Waals surface area (Å²) in [6, 6.07) is 5.62. The summed E-state index contributed by atoms with van der Waals surface area (Å²) in [5.74, 6) is -1.38. The van der Waals surface area contributed by atoms with Crippen LogP contribution in [-0.2, 0) is 9.59 Å². The number of hydrogen-bond donors (Lipinski definition) is 2. The highest BCUT2D eigenvalue weighted by Crippen LogP contribution is 2.32. The number of anilines is 1. The molecule has 0 radical (unpaired) electrons. The predicted molar refractivity (Wildman–Crippen MR) is 82.7 cm³/mol. The molecule has 1 amide bonds. The van der Waals surface area contributed by atoms with Gasteiger partial charge in [-0.05, 0) is 53.4 Å². The van der Waals surface area contributed by atoms with E-state index in [4.69, 9.17) is 0 Å². The molecule has 1 aromatic carbocycles. The van der Waals surface area contributed by atoms with E-state index < -0.39 is 11.4 Å². The Balaban J connectivity index is 2.87. The van der Waals surface area contributed by atoms with E-state index in [-0.39, 0.29) is 18.2 Å². The lowest BCUT2D eigenvalue weighted by Crippen LogP contribution is -2.37. The third kappa shape index (κ3) is 3.82. The number of carboxylic acid groups (broad SMARTS) is 1. The van der Waals surface area contributed by atoms with Gasteiger partial charge in [-0.2, -0.15) is 0 Å². The van der Waals surface area contributed by atoms with Gasteiger partial charge >= 0.3 is 5.97 Å². The number of benzene rings is 1. The lowest BCUT2D eigenvalue weighted by atomic mass is 9.76. The summed E-state index contributed by atoms with van der Waals surface area (Å²) < 4.78 is 0.776. The topological polar surface area (TPSA) is 66.4 Å². The minimum atomic E-state index is -1.07. The van der Waals surface area contributed by atoms with Gasteiger partial charge < -0.3 is 10.4 Å². The zero-order valence-electron chi connectivity index (χ0n) is 12.2. The number of carbonyl (C=O) groups is 2. The largest absolute Gasteiger partial charge is 0.481 e. The van der Waals surface area contributed by atoms with Crippen molar-refractivity contribution in [2.45, 2.75) is 34.1 Å². The maximum absolute atomic E-state index is 12.1. The van der Waals surface area contributed by atoms with E-state index in [9.17, 15) is 14.7 Å². The van der Waals surface area contributed by atoms with Gasteiger partial charge in [-0.1, -0.05) is 19.9 Å². The Morgan fingerprint density at radius 3 is 2.50 bits per heavy atom. The Morgan fingerprint density at radius 2 is 2.00 bits per heavy atom. The molecule has 0 fully saturated rings. The molecule has 1 aromatic rings. The highest BCUT2D eigenvalue weighted by Gasteiger charge is 2.38. The summed E-state index contributed by atoms with van der Waals surface area (Å²) >= 11 is 3.37. The molecule has 0 aliphatic rings. The lowest BCUT2D eigenvalue weighted by Gasteiger charge is -2.28. The Bertz CT molecular complexity index is 528. The average Bonchev–Trinajstić information content (AvgIpc) is 2.33. The Labute approximate surface area is 127 Å². The van der Waals surface area contributed by atoms with Crippen molar-refractivity contribution >= 4 is 33.5 Å². The van der Waals surface area contributed by atoms with E-state index >= 15 is 0 Å². The highest BCUT2D eigenvalue weighted by molar-refractivity contribution is 9.10. The van der Waals surface area contributed by atoms with Gasteiger partial charge in [-0.25, -0.2) is 0 Å². The quantitative estimate of drug-likeness (QED) is 0.855. The second-order valence-corrected chi connectivity index (χ2v) is 6.44. The summed E-state index contributed by atoms with van der Waals surface area (Å²) in [4.78, 5) is 23.5. The summed E-state index contributed by atoms with van der Waals surface area (Å²) in [7, 11) is 0. The third-order valence-corrected chi connectivity index (χ3v) is 4.38. The molecule has 5 heteroatoms. The van der Waals surface area contributed by atoms with Crippen LogP contribution in [0.1, 0.15) is 32.8 Å². The number of halogens is 1. The number of rotatable bonds is 5. The number of carbonyl (C=O) groups excluding carboxylic acids is 1. The van der Waals surface area contributed by atoms with E-state index in [1.807, 2.05) is 39.0 Å². The van der Waals surface area contributed by atoms with Gasteiger partial charge in [0.1, 0.15) is 0 Å². The molecule has 0 saturated carbocycles. The van der Waals surface area contributed by atoms with Crippen LogP contribution in [0.2, 0.25) is 0 Å². The van der Waals surface area contributed by atoms with E-state index in [2.05, 4.69) is 21.2 Å². The molecule has 1 unspecified atom stereocenters. The van der Waals surface area contributed by atoms with Crippen LogP contribution < -0.4 is 5.32 Å². The number of carboxylic acids is 1. The number of amides is 1. The van der Waals surface area contributed by atoms with Crippen LogP contribution in [-0.4, -0.2) is 17.0 Å². The van der Waals surface area contributed by atoms with E-state index in [0.29, 0.717) is 5.69 Å². The molecule has 0 aliphatic carbocycles. The molecule has 110 valence electrons. The highest BCUT2D eigenvalue weighted by atomic mass is 79.9. The molecule has 20 heavy (non-hydrogen) atoms. The fourth-order valence-corrected chi connectivity index (χ4v) is 2.14. The van der Waals surface area contributed by atoms with Crippen molar-refractivity contribution in [1.82, 2.24) is 0 Å². The Morgan fingerprint density at radius 1 is 1.40 bits per heavy atom. The maximum Gasteiger partial charge on any atom is 0.310 e. The molecular weight excluding hydrogens is 322 g/mol. The first-order chi connectivity index (χ1) is 9.16. The van der Waals surface area contributed by atoms with Crippen LogP contribution in [0.5, 0.6) is 0 Å². The van der Waals surface area contributed by atoms with Crippen molar-refractivity contribution in [1.29, 1.82) is 0 Å². The fourth-order valence-electron chi connectivity index (χ4n) is 1.79.